The van der Waals surface area contributed by atoms with Crippen LogP contribution in [-0.4, -0.2) is 8.07 Å². The Morgan fingerprint density at radius 3 is 1.56 bits per heavy atom. The monoisotopic (exact) mass is 192 g/mol. The van der Waals surface area contributed by atoms with Crippen LogP contribution in [0.4, 0.5) is 0 Å². The standard InChI is InChI=1S/C7H16Si.Zn/c1-8(2)6-4-3-5-7-8;/h3-7H2,1-2H3;. The molecule has 1 saturated heterocycles. The molecule has 50 valence electrons. The molecule has 1 heterocycles. The summed E-state index contributed by atoms with van der Waals surface area (Å²) in [4.78, 5) is 0. The van der Waals surface area contributed by atoms with Gasteiger partial charge in [0.25, 0.3) is 0 Å². The average Bonchev–Trinajstić information content (AvgIpc) is 1.65. The molecular weight excluding hydrogens is 178 g/mol. The van der Waals surface area contributed by atoms with Crippen molar-refractivity contribution in [3.63, 3.8) is 0 Å². The van der Waals surface area contributed by atoms with Crippen molar-refractivity contribution < 1.29 is 19.5 Å². The van der Waals surface area contributed by atoms with Crippen molar-refractivity contribution in [2.24, 2.45) is 0 Å². The molecule has 0 unspecified atom stereocenters. The van der Waals surface area contributed by atoms with E-state index in [0.717, 1.165) is 0 Å². The molecule has 0 aromatic heterocycles. The fraction of sp³-hybridized carbons (Fsp3) is 1.00. The smallest absolute Gasteiger partial charge is 0.0473 e. The Morgan fingerprint density at radius 2 is 1.33 bits per heavy atom. The molecule has 0 aromatic rings. The van der Waals surface area contributed by atoms with Gasteiger partial charge in [0, 0.05) is 27.6 Å². The molecule has 0 amide bonds. The zero-order valence-corrected chi connectivity index (χ0v) is 10.7. The minimum Gasteiger partial charge on any atom is -0.0693 e. The van der Waals surface area contributed by atoms with Crippen LogP contribution in [0.5, 0.6) is 0 Å². The van der Waals surface area contributed by atoms with E-state index in [2.05, 4.69) is 13.1 Å². The third-order valence-corrected chi connectivity index (χ3v) is 5.62. The van der Waals surface area contributed by atoms with Crippen LogP contribution < -0.4 is 0 Å². The summed E-state index contributed by atoms with van der Waals surface area (Å²) < 4.78 is 0. The molecule has 1 fully saturated rings. The molecule has 0 spiro atoms. The second-order valence-electron chi connectivity index (χ2n) is 3.72. The minimum atomic E-state index is -0.590. The Morgan fingerprint density at radius 1 is 0.889 bits per heavy atom. The Balaban J connectivity index is 0.000000640. The first kappa shape index (κ1) is 9.84. The van der Waals surface area contributed by atoms with Gasteiger partial charge < -0.3 is 0 Å². The third kappa shape index (κ3) is 3.52. The van der Waals surface area contributed by atoms with Crippen LogP contribution in [0.25, 0.3) is 0 Å². The molecule has 1 aliphatic rings. The van der Waals surface area contributed by atoms with Crippen LogP contribution in [0.1, 0.15) is 19.3 Å². The van der Waals surface area contributed by atoms with E-state index in [1.165, 1.54) is 19.3 Å². The van der Waals surface area contributed by atoms with Gasteiger partial charge in [-0.1, -0.05) is 44.4 Å². The minimum absolute atomic E-state index is 0. The van der Waals surface area contributed by atoms with Crippen molar-refractivity contribution >= 4 is 8.07 Å². The van der Waals surface area contributed by atoms with Gasteiger partial charge in [-0.05, 0) is 0 Å². The maximum Gasteiger partial charge on any atom is 0.0473 e. The molecular formula is C7H16SiZn. The molecule has 2 heteroatoms. The van der Waals surface area contributed by atoms with Crippen molar-refractivity contribution in [2.75, 3.05) is 0 Å². The van der Waals surface area contributed by atoms with Crippen LogP contribution in [0.3, 0.4) is 0 Å². The van der Waals surface area contributed by atoms with Gasteiger partial charge in [0.15, 0.2) is 0 Å². The quantitative estimate of drug-likeness (QED) is 0.519. The van der Waals surface area contributed by atoms with E-state index in [4.69, 9.17) is 0 Å². The summed E-state index contributed by atoms with van der Waals surface area (Å²) in [5, 5.41) is 0. The van der Waals surface area contributed by atoms with Crippen LogP contribution in [0, 0.1) is 0 Å². The SMILES string of the molecule is C[Si]1(C)CCCCC1.[Zn]. The first-order valence-electron chi connectivity index (χ1n) is 3.71. The first-order chi connectivity index (χ1) is 3.71. The predicted octanol–water partition coefficient (Wildman–Crippen LogP) is 2.88. The van der Waals surface area contributed by atoms with Gasteiger partial charge in [0.1, 0.15) is 0 Å². The number of hydrogen-bond acceptors (Lipinski definition) is 0. The van der Waals surface area contributed by atoms with E-state index in [1.807, 2.05) is 0 Å². The van der Waals surface area contributed by atoms with Crippen molar-refractivity contribution in [3.05, 3.63) is 0 Å². The second-order valence-corrected chi connectivity index (χ2v) is 9.05. The Labute approximate surface area is 72.2 Å². The second kappa shape index (κ2) is 3.88. The van der Waals surface area contributed by atoms with Gasteiger partial charge in [-0.15, -0.1) is 0 Å². The van der Waals surface area contributed by atoms with Crippen LogP contribution in [0.2, 0.25) is 25.2 Å². The van der Waals surface area contributed by atoms with Crippen molar-refractivity contribution in [3.8, 4) is 0 Å². The molecule has 0 aliphatic carbocycles. The molecule has 0 aromatic carbocycles. The molecule has 0 saturated carbocycles. The largest absolute Gasteiger partial charge is 0.0693 e. The van der Waals surface area contributed by atoms with Crippen LogP contribution >= 0.6 is 0 Å². The van der Waals surface area contributed by atoms with Gasteiger partial charge in [-0.2, -0.15) is 0 Å². The molecule has 9 heavy (non-hydrogen) atoms. The summed E-state index contributed by atoms with van der Waals surface area (Å²) in [6.45, 7) is 5.04. The number of hydrogen-bond donors (Lipinski definition) is 0. The Bertz CT molecular complexity index is 73.0. The first-order valence-corrected chi connectivity index (χ1v) is 7.12. The maximum atomic E-state index is 2.52. The molecule has 0 nitrogen and oxygen atoms in total. The van der Waals surface area contributed by atoms with Crippen molar-refractivity contribution in [1.82, 2.24) is 0 Å². The van der Waals surface area contributed by atoms with E-state index in [9.17, 15) is 0 Å². The molecule has 0 atom stereocenters. The average molecular weight is 194 g/mol. The normalized spacial score (nSPS) is 24.7. The van der Waals surface area contributed by atoms with E-state index in [1.54, 1.807) is 12.1 Å². The van der Waals surface area contributed by atoms with Gasteiger partial charge in [-0.3, -0.25) is 0 Å². The van der Waals surface area contributed by atoms with Crippen LogP contribution in [0.15, 0.2) is 0 Å². The number of rotatable bonds is 0. The molecule has 0 radical (unpaired) electrons. The predicted molar refractivity (Wildman–Crippen MR) is 40.9 cm³/mol. The Hall–Kier alpha value is 0.840. The summed E-state index contributed by atoms with van der Waals surface area (Å²) in [5.41, 5.74) is 0. The van der Waals surface area contributed by atoms with Crippen molar-refractivity contribution in [2.45, 2.75) is 44.4 Å². The molecule has 0 bridgehead atoms. The van der Waals surface area contributed by atoms with Gasteiger partial charge in [0.2, 0.25) is 0 Å². The maximum absolute atomic E-state index is 2.52. The van der Waals surface area contributed by atoms with Gasteiger partial charge >= 0.3 is 0 Å². The topological polar surface area (TPSA) is 0 Å². The summed E-state index contributed by atoms with van der Waals surface area (Å²) in [5.74, 6) is 0. The van der Waals surface area contributed by atoms with Crippen LogP contribution in [-0.2, 0) is 19.5 Å². The fourth-order valence-corrected chi connectivity index (χ4v) is 4.17. The summed E-state index contributed by atoms with van der Waals surface area (Å²) in [6, 6.07) is 3.18. The Kier molecular flexibility index (Phi) is 4.24. The van der Waals surface area contributed by atoms with E-state index >= 15 is 0 Å². The fourth-order valence-electron chi connectivity index (χ4n) is 1.51. The molecule has 0 N–H and O–H groups in total. The van der Waals surface area contributed by atoms with E-state index in [0.29, 0.717) is 0 Å². The zero-order chi connectivity index (χ0) is 6.04. The van der Waals surface area contributed by atoms with E-state index in [-0.39, 0.29) is 19.5 Å². The van der Waals surface area contributed by atoms with Crippen molar-refractivity contribution in [1.29, 1.82) is 0 Å². The summed E-state index contributed by atoms with van der Waals surface area (Å²) >= 11 is 0. The third-order valence-electron chi connectivity index (χ3n) is 2.21. The van der Waals surface area contributed by atoms with E-state index < -0.39 is 8.07 Å². The van der Waals surface area contributed by atoms with Gasteiger partial charge in [0.05, 0.1) is 0 Å². The summed E-state index contributed by atoms with van der Waals surface area (Å²) in [6.07, 6.45) is 4.56. The zero-order valence-electron chi connectivity index (χ0n) is 6.74. The molecule has 1 aliphatic heterocycles. The van der Waals surface area contributed by atoms with Gasteiger partial charge in [-0.25, -0.2) is 0 Å². The summed E-state index contributed by atoms with van der Waals surface area (Å²) in [7, 11) is -0.590. The molecule has 1 rings (SSSR count).